The molecule has 0 aliphatic carbocycles. The molecule has 0 saturated carbocycles. The molecule has 0 fully saturated rings. The third kappa shape index (κ3) is 3.30. The molecule has 0 saturated heterocycles. The van der Waals surface area contributed by atoms with Crippen LogP contribution in [0, 0.1) is 6.92 Å². The maximum absolute atomic E-state index is 5.35. The first-order chi connectivity index (χ1) is 11.7. The van der Waals surface area contributed by atoms with Crippen molar-refractivity contribution in [2.75, 3.05) is 14.2 Å². The molecule has 0 unspecified atom stereocenters. The topological polar surface area (TPSA) is 58.7 Å². The Labute approximate surface area is 140 Å². The van der Waals surface area contributed by atoms with Gasteiger partial charge in [-0.1, -0.05) is 30.3 Å². The predicted octanol–water partition coefficient (Wildman–Crippen LogP) is 6.29. The summed E-state index contributed by atoms with van der Waals surface area (Å²) in [7, 11) is 3.23. The van der Waals surface area contributed by atoms with Crippen molar-refractivity contribution in [1.29, 1.82) is 0 Å². The molecule has 3 aromatic rings. The van der Waals surface area contributed by atoms with E-state index in [4.69, 9.17) is 4.74 Å². The van der Waals surface area contributed by atoms with Crippen molar-refractivity contribution in [3.05, 3.63) is 60.2 Å². The summed E-state index contributed by atoms with van der Waals surface area (Å²) in [6, 6.07) is 17.9. The standard InChI is InChI=1S/C19H18N4O/c1-13-10-18(22-20-2)19(24-3)12-17(13)23-21-16-9-8-14-6-4-5-7-15(14)11-16/h4-12H,1-3H3. The Bertz CT molecular complexity index is 932. The molecule has 0 N–H and O–H groups in total. The van der Waals surface area contributed by atoms with Gasteiger partial charge in [-0.3, -0.25) is 0 Å². The van der Waals surface area contributed by atoms with E-state index in [1.165, 1.54) is 5.39 Å². The quantitative estimate of drug-likeness (QED) is 0.522. The number of hydrogen-bond acceptors (Lipinski definition) is 5. The highest BCUT2D eigenvalue weighted by molar-refractivity contribution is 5.85. The molecule has 0 radical (unpaired) electrons. The van der Waals surface area contributed by atoms with E-state index in [0.717, 1.165) is 22.3 Å². The number of nitrogens with zero attached hydrogens (tertiary/aromatic N) is 4. The van der Waals surface area contributed by atoms with Crippen LogP contribution in [0.15, 0.2) is 75.1 Å². The third-order valence-electron chi connectivity index (χ3n) is 3.71. The van der Waals surface area contributed by atoms with Gasteiger partial charge in [0.2, 0.25) is 0 Å². The Balaban J connectivity index is 1.95. The summed E-state index contributed by atoms with van der Waals surface area (Å²) in [6.45, 7) is 1.96. The Morgan fingerprint density at radius 1 is 0.792 bits per heavy atom. The second kappa shape index (κ2) is 7.00. The first-order valence-electron chi connectivity index (χ1n) is 7.60. The highest BCUT2D eigenvalue weighted by Crippen LogP contribution is 2.35. The highest BCUT2D eigenvalue weighted by Gasteiger charge is 2.07. The van der Waals surface area contributed by atoms with Crippen LogP contribution in [-0.4, -0.2) is 14.2 Å². The van der Waals surface area contributed by atoms with Crippen LogP contribution in [0.4, 0.5) is 17.1 Å². The van der Waals surface area contributed by atoms with Gasteiger partial charge in [-0.25, -0.2) is 0 Å². The first-order valence-corrected chi connectivity index (χ1v) is 7.60. The van der Waals surface area contributed by atoms with E-state index < -0.39 is 0 Å². The lowest BCUT2D eigenvalue weighted by atomic mass is 10.1. The van der Waals surface area contributed by atoms with Gasteiger partial charge >= 0.3 is 0 Å². The Morgan fingerprint density at radius 2 is 1.58 bits per heavy atom. The number of fused-ring (bicyclic) bond motifs is 1. The van der Waals surface area contributed by atoms with Crippen molar-refractivity contribution in [2.45, 2.75) is 6.92 Å². The van der Waals surface area contributed by atoms with E-state index in [-0.39, 0.29) is 0 Å². The van der Waals surface area contributed by atoms with Crippen LogP contribution < -0.4 is 4.74 Å². The lowest BCUT2D eigenvalue weighted by Crippen LogP contribution is -1.85. The molecule has 5 heteroatoms. The molecule has 0 aromatic heterocycles. The number of aryl methyl sites for hydroxylation is 1. The monoisotopic (exact) mass is 318 g/mol. The molecule has 0 atom stereocenters. The summed E-state index contributed by atoms with van der Waals surface area (Å²) in [5, 5.41) is 18.9. The fourth-order valence-corrected chi connectivity index (χ4v) is 2.47. The minimum absolute atomic E-state index is 0.624. The van der Waals surface area contributed by atoms with E-state index >= 15 is 0 Å². The summed E-state index contributed by atoms with van der Waals surface area (Å²) in [5.41, 5.74) is 3.20. The minimum Gasteiger partial charge on any atom is -0.494 e. The molecule has 0 bridgehead atoms. The fourth-order valence-electron chi connectivity index (χ4n) is 2.47. The van der Waals surface area contributed by atoms with E-state index in [0.29, 0.717) is 11.4 Å². The van der Waals surface area contributed by atoms with E-state index in [9.17, 15) is 0 Å². The van der Waals surface area contributed by atoms with Crippen LogP contribution in [0.2, 0.25) is 0 Å². The van der Waals surface area contributed by atoms with Gasteiger partial charge in [0.05, 0.1) is 18.5 Å². The van der Waals surface area contributed by atoms with Gasteiger partial charge in [0.15, 0.2) is 0 Å². The van der Waals surface area contributed by atoms with Crippen molar-refractivity contribution in [1.82, 2.24) is 0 Å². The zero-order valence-corrected chi connectivity index (χ0v) is 13.9. The Kier molecular flexibility index (Phi) is 4.61. The van der Waals surface area contributed by atoms with Crippen molar-refractivity contribution in [3.63, 3.8) is 0 Å². The van der Waals surface area contributed by atoms with Crippen LogP contribution in [0.5, 0.6) is 5.75 Å². The van der Waals surface area contributed by atoms with Crippen LogP contribution in [0.1, 0.15) is 5.56 Å². The first kappa shape index (κ1) is 15.8. The maximum Gasteiger partial charge on any atom is 0.148 e. The zero-order chi connectivity index (χ0) is 16.9. The van der Waals surface area contributed by atoms with Crippen LogP contribution >= 0.6 is 0 Å². The van der Waals surface area contributed by atoms with Crippen molar-refractivity contribution in [3.8, 4) is 5.75 Å². The van der Waals surface area contributed by atoms with Gasteiger partial charge in [-0.05, 0) is 41.5 Å². The molecular weight excluding hydrogens is 300 g/mol. The third-order valence-corrected chi connectivity index (χ3v) is 3.71. The molecule has 24 heavy (non-hydrogen) atoms. The van der Waals surface area contributed by atoms with Gasteiger partial charge in [-0.2, -0.15) is 20.5 Å². The van der Waals surface area contributed by atoms with Crippen LogP contribution in [0.3, 0.4) is 0 Å². The second-order valence-corrected chi connectivity index (χ2v) is 5.34. The lowest BCUT2D eigenvalue weighted by Gasteiger charge is -2.07. The van der Waals surface area contributed by atoms with Crippen molar-refractivity contribution in [2.24, 2.45) is 20.5 Å². The SMILES string of the molecule is CN=Nc1cc(C)c(N=Nc2ccc3ccccc3c2)cc1OC. The number of azo groups is 2. The van der Waals surface area contributed by atoms with Gasteiger partial charge in [0.25, 0.3) is 0 Å². The van der Waals surface area contributed by atoms with Gasteiger partial charge in [0.1, 0.15) is 11.4 Å². The smallest absolute Gasteiger partial charge is 0.148 e. The summed E-state index contributed by atoms with van der Waals surface area (Å²) in [4.78, 5) is 0. The molecule has 0 aliphatic heterocycles. The predicted molar refractivity (Wildman–Crippen MR) is 96.3 cm³/mol. The maximum atomic E-state index is 5.35. The summed E-state index contributed by atoms with van der Waals surface area (Å²) in [6.07, 6.45) is 0. The zero-order valence-electron chi connectivity index (χ0n) is 13.9. The molecule has 0 heterocycles. The summed E-state index contributed by atoms with van der Waals surface area (Å²) in [5.74, 6) is 0.624. The molecule has 120 valence electrons. The number of hydrogen-bond donors (Lipinski definition) is 0. The highest BCUT2D eigenvalue weighted by atomic mass is 16.5. The van der Waals surface area contributed by atoms with E-state index in [1.807, 2.05) is 49.4 Å². The largest absolute Gasteiger partial charge is 0.494 e. The number of rotatable bonds is 4. The van der Waals surface area contributed by atoms with Gasteiger partial charge in [0, 0.05) is 13.1 Å². The average molecular weight is 318 g/mol. The minimum atomic E-state index is 0.624. The summed E-state index contributed by atoms with van der Waals surface area (Å²) < 4.78 is 5.35. The Hall–Kier alpha value is -3.08. The van der Waals surface area contributed by atoms with E-state index in [1.54, 1.807) is 14.2 Å². The normalized spacial score (nSPS) is 11.6. The number of benzene rings is 3. The molecule has 5 nitrogen and oxygen atoms in total. The molecule has 3 aromatic carbocycles. The number of ether oxygens (including phenoxy) is 1. The van der Waals surface area contributed by atoms with Crippen LogP contribution in [0.25, 0.3) is 10.8 Å². The Morgan fingerprint density at radius 3 is 2.33 bits per heavy atom. The molecular formula is C19H18N4O. The van der Waals surface area contributed by atoms with Gasteiger partial charge in [-0.15, -0.1) is 0 Å². The van der Waals surface area contributed by atoms with Gasteiger partial charge < -0.3 is 4.74 Å². The molecule has 0 amide bonds. The molecule has 0 spiro atoms. The average Bonchev–Trinajstić information content (AvgIpc) is 2.61. The van der Waals surface area contributed by atoms with Crippen LogP contribution in [-0.2, 0) is 0 Å². The summed E-state index contributed by atoms with van der Waals surface area (Å²) >= 11 is 0. The lowest BCUT2D eigenvalue weighted by molar-refractivity contribution is 0.416. The van der Waals surface area contributed by atoms with E-state index in [2.05, 4.69) is 32.6 Å². The second-order valence-electron chi connectivity index (χ2n) is 5.34. The number of methoxy groups -OCH3 is 1. The molecule has 3 rings (SSSR count). The van der Waals surface area contributed by atoms with Crippen molar-refractivity contribution < 1.29 is 4.74 Å². The molecule has 0 aliphatic rings. The van der Waals surface area contributed by atoms with Crippen molar-refractivity contribution >= 4 is 27.8 Å². The fraction of sp³-hybridized carbons (Fsp3) is 0.158.